The Labute approximate surface area is 189 Å². The second-order valence-corrected chi connectivity index (χ2v) is 9.21. The number of carbonyl (C=O) groups is 4. The van der Waals surface area contributed by atoms with Gasteiger partial charge in [0.15, 0.2) is 0 Å². The smallest absolute Gasteiger partial charge is 0.341 e. The minimum atomic E-state index is -1.32. The van der Waals surface area contributed by atoms with Crippen LogP contribution in [0, 0.1) is 13.8 Å². The van der Waals surface area contributed by atoms with E-state index in [0.717, 1.165) is 34.6 Å². The molecule has 1 atom stereocenters. The van der Waals surface area contributed by atoms with E-state index < -0.39 is 35.9 Å². The highest BCUT2D eigenvalue weighted by molar-refractivity contribution is 7.17. The molecule has 2 N–H and O–H groups in total. The molecule has 3 heterocycles. The van der Waals surface area contributed by atoms with E-state index in [9.17, 15) is 19.2 Å². The van der Waals surface area contributed by atoms with Crippen LogP contribution >= 0.6 is 11.3 Å². The Balaban J connectivity index is 1.53. The fourth-order valence-corrected chi connectivity index (χ4v) is 5.67. The number of nitrogens with zero attached hydrogens (tertiary/aromatic N) is 1. The Morgan fingerprint density at radius 2 is 2.06 bits per heavy atom. The first-order chi connectivity index (χ1) is 15.2. The summed E-state index contributed by atoms with van der Waals surface area (Å²) in [5.41, 5.74) is 0.524. The van der Waals surface area contributed by atoms with Crippen LogP contribution in [0.15, 0.2) is 10.5 Å². The highest BCUT2D eigenvalue weighted by atomic mass is 32.1. The number of urea groups is 1. The number of hydrogen-bond acceptors (Lipinski definition) is 7. The molecule has 170 valence electrons. The maximum Gasteiger partial charge on any atom is 0.341 e. The number of furan rings is 1. The third kappa shape index (κ3) is 3.58. The zero-order valence-corrected chi connectivity index (χ0v) is 19.2. The second kappa shape index (κ2) is 8.09. The standard InChI is InChI=1S/C22H25N3O6S/c1-5-30-19(27)17-13-7-6-8-15(13)32-18(17)23-16(26)10-25-20(28)22(4,24-21(25)29)14-9-11(2)31-12(14)3/h9H,5-8,10H2,1-4H3,(H,23,26)(H,24,29). The van der Waals surface area contributed by atoms with Crippen molar-refractivity contribution in [2.45, 2.75) is 52.5 Å². The molecule has 0 bridgehead atoms. The van der Waals surface area contributed by atoms with Crippen LogP contribution in [0.25, 0.3) is 0 Å². The van der Waals surface area contributed by atoms with Crippen molar-refractivity contribution in [3.63, 3.8) is 0 Å². The number of imide groups is 1. The summed E-state index contributed by atoms with van der Waals surface area (Å²) in [6.45, 7) is 6.54. The number of rotatable bonds is 6. The van der Waals surface area contributed by atoms with E-state index in [1.165, 1.54) is 11.3 Å². The van der Waals surface area contributed by atoms with Gasteiger partial charge in [-0.3, -0.25) is 14.5 Å². The molecule has 1 aliphatic carbocycles. The lowest BCUT2D eigenvalue weighted by molar-refractivity contribution is -0.133. The molecule has 2 aromatic rings. The van der Waals surface area contributed by atoms with E-state index in [1.54, 1.807) is 33.8 Å². The van der Waals surface area contributed by atoms with Crippen LogP contribution < -0.4 is 10.6 Å². The van der Waals surface area contributed by atoms with Crippen LogP contribution in [-0.2, 0) is 32.7 Å². The SMILES string of the molecule is CCOC(=O)c1c(NC(=O)CN2C(=O)NC(C)(c3cc(C)oc3C)C2=O)sc2c1CCC2. The van der Waals surface area contributed by atoms with Crippen LogP contribution in [0.5, 0.6) is 0 Å². The first-order valence-corrected chi connectivity index (χ1v) is 11.3. The largest absolute Gasteiger partial charge is 0.466 e. The number of fused-ring (bicyclic) bond motifs is 1. The van der Waals surface area contributed by atoms with Gasteiger partial charge in [0.2, 0.25) is 5.91 Å². The summed E-state index contributed by atoms with van der Waals surface area (Å²) >= 11 is 1.34. The summed E-state index contributed by atoms with van der Waals surface area (Å²) in [5, 5.41) is 5.79. The fraction of sp³-hybridized carbons (Fsp3) is 0.455. The summed E-state index contributed by atoms with van der Waals surface area (Å²) in [5.74, 6) is -0.439. The molecule has 1 aliphatic heterocycles. The third-order valence-corrected chi connectivity index (χ3v) is 7.02. The van der Waals surface area contributed by atoms with Crippen LogP contribution in [0.1, 0.15) is 58.2 Å². The first-order valence-electron chi connectivity index (χ1n) is 10.5. The van der Waals surface area contributed by atoms with Crippen molar-refractivity contribution >= 4 is 40.2 Å². The number of hydrogen-bond donors (Lipinski definition) is 2. The van der Waals surface area contributed by atoms with E-state index in [0.29, 0.717) is 27.6 Å². The predicted octanol–water partition coefficient (Wildman–Crippen LogP) is 3.03. The van der Waals surface area contributed by atoms with Gasteiger partial charge < -0.3 is 19.8 Å². The summed E-state index contributed by atoms with van der Waals surface area (Å²) in [7, 11) is 0. The zero-order valence-electron chi connectivity index (χ0n) is 18.4. The predicted molar refractivity (Wildman–Crippen MR) is 117 cm³/mol. The molecule has 4 amide bonds. The number of thiophene rings is 1. The van der Waals surface area contributed by atoms with Gasteiger partial charge in [-0.2, -0.15) is 0 Å². The molecular formula is C22H25N3O6S. The zero-order chi connectivity index (χ0) is 23.2. The Hall–Kier alpha value is -3.14. The number of ether oxygens (including phenoxy) is 1. The van der Waals surface area contributed by atoms with E-state index in [2.05, 4.69) is 10.6 Å². The van der Waals surface area contributed by atoms with E-state index >= 15 is 0 Å². The Kier molecular flexibility index (Phi) is 5.58. The van der Waals surface area contributed by atoms with Crippen molar-refractivity contribution < 1.29 is 28.3 Å². The first kappa shape index (κ1) is 22.1. The normalized spacial score (nSPS) is 19.8. The van der Waals surface area contributed by atoms with Crippen molar-refractivity contribution in [1.82, 2.24) is 10.2 Å². The molecule has 0 radical (unpaired) electrons. The van der Waals surface area contributed by atoms with Crippen molar-refractivity contribution in [3.8, 4) is 0 Å². The number of nitrogens with one attached hydrogen (secondary N) is 2. The Morgan fingerprint density at radius 1 is 1.31 bits per heavy atom. The van der Waals surface area contributed by atoms with Gasteiger partial charge in [0, 0.05) is 10.4 Å². The van der Waals surface area contributed by atoms with E-state index in [4.69, 9.17) is 9.15 Å². The number of esters is 1. The third-order valence-electron chi connectivity index (χ3n) is 5.81. The molecule has 32 heavy (non-hydrogen) atoms. The van der Waals surface area contributed by atoms with Crippen molar-refractivity contribution in [1.29, 1.82) is 0 Å². The van der Waals surface area contributed by atoms with Crippen LogP contribution in [0.2, 0.25) is 0 Å². The molecular weight excluding hydrogens is 434 g/mol. The number of anilines is 1. The van der Waals surface area contributed by atoms with Gasteiger partial charge in [-0.1, -0.05) is 0 Å². The van der Waals surface area contributed by atoms with Crippen molar-refractivity contribution in [2.24, 2.45) is 0 Å². The van der Waals surface area contributed by atoms with E-state index in [1.807, 2.05) is 0 Å². The molecule has 1 unspecified atom stereocenters. The van der Waals surface area contributed by atoms with E-state index in [-0.39, 0.29) is 6.61 Å². The molecule has 0 spiro atoms. The highest BCUT2D eigenvalue weighted by Crippen LogP contribution is 2.39. The Morgan fingerprint density at radius 3 is 2.72 bits per heavy atom. The lowest BCUT2D eigenvalue weighted by Crippen LogP contribution is -2.42. The van der Waals surface area contributed by atoms with Crippen LogP contribution in [0.3, 0.4) is 0 Å². The monoisotopic (exact) mass is 459 g/mol. The minimum Gasteiger partial charge on any atom is -0.466 e. The van der Waals surface area contributed by atoms with Crippen LogP contribution in [-0.4, -0.2) is 41.9 Å². The van der Waals surface area contributed by atoms with Crippen LogP contribution in [0.4, 0.5) is 9.80 Å². The Bertz CT molecular complexity index is 1130. The van der Waals surface area contributed by atoms with Crippen molar-refractivity contribution in [3.05, 3.63) is 39.2 Å². The summed E-state index contributed by atoms with van der Waals surface area (Å²) < 4.78 is 10.7. The lowest BCUT2D eigenvalue weighted by atomic mass is 9.92. The van der Waals surface area contributed by atoms with Gasteiger partial charge in [-0.05, 0) is 58.6 Å². The number of aryl methyl sites for hydroxylation is 3. The van der Waals surface area contributed by atoms with Crippen molar-refractivity contribution in [2.75, 3.05) is 18.5 Å². The molecule has 0 aromatic carbocycles. The molecule has 10 heteroatoms. The molecule has 9 nitrogen and oxygen atoms in total. The molecule has 0 saturated carbocycles. The summed E-state index contributed by atoms with van der Waals surface area (Å²) in [6, 6.07) is 1.04. The minimum absolute atomic E-state index is 0.227. The quantitative estimate of drug-likeness (QED) is 0.506. The summed E-state index contributed by atoms with van der Waals surface area (Å²) in [4.78, 5) is 52.9. The molecule has 1 saturated heterocycles. The van der Waals surface area contributed by atoms with Gasteiger partial charge >= 0.3 is 12.0 Å². The molecule has 4 rings (SSSR count). The van der Waals surface area contributed by atoms with Gasteiger partial charge in [0.05, 0.1) is 12.2 Å². The average Bonchev–Trinajstić information content (AvgIpc) is 3.43. The topological polar surface area (TPSA) is 118 Å². The molecule has 2 aliphatic rings. The second-order valence-electron chi connectivity index (χ2n) is 8.10. The number of amides is 4. The molecule has 2 aromatic heterocycles. The molecule has 1 fully saturated rings. The van der Waals surface area contributed by atoms with Gasteiger partial charge in [0.25, 0.3) is 5.91 Å². The summed E-state index contributed by atoms with van der Waals surface area (Å²) in [6.07, 6.45) is 2.55. The van der Waals surface area contributed by atoms with Gasteiger partial charge in [0.1, 0.15) is 28.6 Å². The van der Waals surface area contributed by atoms with Gasteiger partial charge in [-0.25, -0.2) is 9.59 Å². The maximum atomic E-state index is 13.1. The van der Waals surface area contributed by atoms with Gasteiger partial charge in [-0.15, -0.1) is 11.3 Å². The average molecular weight is 460 g/mol. The maximum absolute atomic E-state index is 13.1. The lowest BCUT2D eigenvalue weighted by Gasteiger charge is -2.21. The highest BCUT2D eigenvalue weighted by Gasteiger charge is 2.51. The fourth-order valence-electron chi connectivity index (χ4n) is 4.37. The number of carbonyl (C=O) groups excluding carboxylic acids is 4.